The topological polar surface area (TPSA) is 38.5 Å². The third-order valence-corrected chi connectivity index (χ3v) is 1.85. The van der Waals surface area contributed by atoms with Gasteiger partial charge in [-0.05, 0) is 14.1 Å². The van der Waals surface area contributed by atoms with E-state index < -0.39 is 11.6 Å². The Balaban J connectivity index is 2.68. The molecule has 0 aliphatic heterocycles. The molecule has 0 unspecified atom stereocenters. The Morgan fingerprint density at radius 2 is 2.00 bits per heavy atom. The number of nitrogens with two attached hydrogens (primary N) is 1. The molecule has 1 rings (SSSR count). The summed E-state index contributed by atoms with van der Waals surface area (Å²) in [5.74, 6) is -1.44. The summed E-state index contributed by atoms with van der Waals surface area (Å²) in [5.41, 5.74) is 5.23. The number of halogens is 2. The van der Waals surface area contributed by atoms with E-state index in [9.17, 15) is 8.78 Å². The van der Waals surface area contributed by atoms with E-state index in [1.165, 1.54) is 0 Å². The number of rotatable bonds is 4. The van der Waals surface area contributed by atoms with Gasteiger partial charge in [0.15, 0.2) is 5.82 Å². The smallest absolute Gasteiger partial charge is 0.152 e. The first-order chi connectivity index (χ1) is 7.00. The lowest BCUT2D eigenvalue weighted by atomic mass is 10.3. The number of likely N-dealkylation sites (N-methyl/N-ethyl adjacent to an activating group) is 1. The molecular formula is C10H14F2N2O. The van der Waals surface area contributed by atoms with Gasteiger partial charge < -0.3 is 15.4 Å². The molecule has 84 valence electrons. The highest BCUT2D eigenvalue weighted by atomic mass is 19.1. The minimum atomic E-state index is -0.796. The van der Waals surface area contributed by atoms with Crippen molar-refractivity contribution in [2.24, 2.45) is 0 Å². The molecule has 15 heavy (non-hydrogen) atoms. The highest BCUT2D eigenvalue weighted by Gasteiger charge is 2.09. The third-order valence-electron chi connectivity index (χ3n) is 1.85. The summed E-state index contributed by atoms with van der Waals surface area (Å²) in [4.78, 5) is 1.89. The predicted octanol–water partition coefficient (Wildman–Crippen LogP) is 1.49. The van der Waals surface area contributed by atoms with Crippen molar-refractivity contribution in [2.75, 3.05) is 33.0 Å². The summed E-state index contributed by atoms with van der Waals surface area (Å²) >= 11 is 0. The summed E-state index contributed by atoms with van der Waals surface area (Å²) in [6, 6.07) is 1.81. The Labute approximate surface area is 87.4 Å². The second kappa shape index (κ2) is 4.93. The van der Waals surface area contributed by atoms with Crippen LogP contribution in [0.2, 0.25) is 0 Å². The Bertz CT molecular complexity index is 342. The van der Waals surface area contributed by atoms with Gasteiger partial charge in [0, 0.05) is 18.7 Å². The maximum atomic E-state index is 13.0. The number of hydrogen-bond acceptors (Lipinski definition) is 3. The fourth-order valence-corrected chi connectivity index (χ4v) is 1.02. The Morgan fingerprint density at radius 3 is 2.60 bits per heavy atom. The van der Waals surface area contributed by atoms with Crippen LogP contribution in [0, 0.1) is 11.6 Å². The fourth-order valence-electron chi connectivity index (χ4n) is 1.02. The predicted molar refractivity (Wildman–Crippen MR) is 54.8 cm³/mol. The van der Waals surface area contributed by atoms with Crippen LogP contribution in [-0.4, -0.2) is 32.1 Å². The number of anilines is 1. The van der Waals surface area contributed by atoms with Crippen molar-refractivity contribution >= 4 is 5.69 Å². The molecule has 0 bridgehead atoms. The Kier molecular flexibility index (Phi) is 3.85. The zero-order valence-electron chi connectivity index (χ0n) is 8.76. The molecule has 0 saturated carbocycles. The first kappa shape index (κ1) is 11.7. The summed E-state index contributed by atoms with van der Waals surface area (Å²) in [6.45, 7) is 0.984. The van der Waals surface area contributed by atoms with Crippen molar-refractivity contribution < 1.29 is 13.5 Å². The van der Waals surface area contributed by atoms with Gasteiger partial charge >= 0.3 is 0 Å². The lowest BCUT2D eigenvalue weighted by Crippen LogP contribution is -2.19. The first-order valence-electron chi connectivity index (χ1n) is 4.52. The molecule has 5 heteroatoms. The summed E-state index contributed by atoms with van der Waals surface area (Å²) in [6.07, 6.45) is 0. The monoisotopic (exact) mass is 216 g/mol. The molecule has 0 saturated heterocycles. The summed E-state index contributed by atoms with van der Waals surface area (Å²) in [5, 5.41) is 0. The Hall–Kier alpha value is -1.36. The molecule has 1 aromatic rings. The number of nitrogens with zero attached hydrogens (tertiary/aromatic N) is 1. The maximum Gasteiger partial charge on any atom is 0.152 e. The molecule has 0 radical (unpaired) electrons. The van der Waals surface area contributed by atoms with Crippen molar-refractivity contribution in [2.45, 2.75) is 0 Å². The lowest BCUT2D eigenvalue weighted by molar-refractivity contribution is 0.261. The van der Waals surface area contributed by atoms with Gasteiger partial charge in [-0.25, -0.2) is 8.78 Å². The van der Waals surface area contributed by atoms with Crippen LogP contribution in [-0.2, 0) is 0 Å². The van der Waals surface area contributed by atoms with E-state index >= 15 is 0 Å². The van der Waals surface area contributed by atoms with Crippen LogP contribution in [0.1, 0.15) is 0 Å². The molecule has 0 atom stereocenters. The van der Waals surface area contributed by atoms with Crippen LogP contribution >= 0.6 is 0 Å². The molecule has 0 amide bonds. The van der Waals surface area contributed by atoms with Crippen LogP contribution in [0.4, 0.5) is 14.5 Å². The zero-order valence-corrected chi connectivity index (χ0v) is 8.76. The van der Waals surface area contributed by atoms with Crippen LogP contribution in [0.3, 0.4) is 0 Å². The van der Waals surface area contributed by atoms with Gasteiger partial charge in [-0.3, -0.25) is 0 Å². The van der Waals surface area contributed by atoms with E-state index in [0.29, 0.717) is 13.2 Å². The van der Waals surface area contributed by atoms with Crippen molar-refractivity contribution in [3.05, 3.63) is 23.8 Å². The van der Waals surface area contributed by atoms with Crippen molar-refractivity contribution in [3.8, 4) is 5.75 Å². The number of hydrogen-bond donors (Lipinski definition) is 1. The molecule has 0 fully saturated rings. The van der Waals surface area contributed by atoms with Gasteiger partial charge in [-0.2, -0.15) is 0 Å². The van der Waals surface area contributed by atoms with Gasteiger partial charge in [0.05, 0.1) is 0 Å². The molecule has 0 heterocycles. The minimum Gasteiger partial charge on any atom is -0.490 e. The molecule has 0 aliphatic rings. The number of nitrogen functional groups attached to an aromatic ring is 1. The van der Waals surface area contributed by atoms with E-state index in [4.69, 9.17) is 10.5 Å². The van der Waals surface area contributed by atoms with Gasteiger partial charge in [0.2, 0.25) is 0 Å². The van der Waals surface area contributed by atoms with Crippen LogP contribution < -0.4 is 10.5 Å². The third kappa shape index (κ3) is 3.36. The van der Waals surface area contributed by atoms with Gasteiger partial charge in [-0.15, -0.1) is 0 Å². The fraction of sp³-hybridized carbons (Fsp3) is 0.400. The normalized spacial score (nSPS) is 10.7. The maximum absolute atomic E-state index is 13.0. The van der Waals surface area contributed by atoms with Crippen LogP contribution in [0.5, 0.6) is 5.75 Å². The Morgan fingerprint density at radius 1 is 1.33 bits per heavy atom. The van der Waals surface area contributed by atoms with Gasteiger partial charge in [0.25, 0.3) is 0 Å². The number of benzene rings is 1. The van der Waals surface area contributed by atoms with E-state index in [1.54, 1.807) is 0 Å². The average molecular weight is 216 g/mol. The molecule has 1 aromatic carbocycles. The molecule has 0 aliphatic carbocycles. The quantitative estimate of drug-likeness (QED) is 0.775. The first-order valence-corrected chi connectivity index (χ1v) is 4.52. The van der Waals surface area contributed by atoms with E-state index in [2.05, 4.69) is 0 Å². The van der Waals surface area contributed by atoms with Crippen LogP contribution in [0.25, 0.3) is 0 Å². The highest BCUT2D eigenvalue weighted by Crippen LogP contribution is 2.25. The summed E-state index contributed by atoms with van der Waals surface area (Å²) < 4.78 is 30.9. The number of ether oxygens (including phenoxy) is 1. The lowest BCUT2D eigenvalue weighted by Gasteiger charge is -2.12. The van der Waals surface area contributed by atoms with Crippen molar-refractivity contribution in [1.82, 2.24) is 4.90 Å². The highest BCUT2D eigenvalue weighted by molar-refractivity contribution is 5.53. The second-order valence-corrected chi connectivity index (χ2v) is 3.45. The van der Waals surface area contributed by atoms with E-state index in [-0.39, 0.29) is 11.4 Å². The van der Waals surface area contributed by atoms with Crippen LogP contribution in [0.15, 0.2) is 12.1 Å². The molecule has 3 nitrogen and oxygen atoms in total. The molecule has 0 spiro atoms. The largest absolute Gasteiger partial charge is 0.490 e. The SMILES string of the molecule is CN(C)CCOc1cc(F)cc(F)c1N. The minimum absolute atomic E-state index is 0.0503. The molecular weight excluding hydrogens is 202 g/mol. The molecule has 2 N–H and O–H groups in total. The second-order valence-electron chi connectivity index (χ2n) is 3.45. The van der Waals surface area contributed by atoms with E-state index in [0.717, 1.165) is 12.1 Å². The standard InChI is InChI=1S/C10H14F2N2O/c1-14(2)3-4-15-9-6-7(11)5-8(12)10(9)13/h5-6H,3-4,13H2,1-2H3. The van der Waals surface area contributed by atoms with Crippen molar-refractivity contribution in [1.29, 1.82) is 0 Å². The van der Waals surface area contributed by atoms with Gasteiger partial charge in [0.1, 0.15) is 23.9 Å². The molecule has 0 aromatic heterocycles. The zero-order chi connectivity index (χ0) is 11.4. The van der Waals surface area contributed by atoms with Crippen molar-refractivity contribution in [3.63, 3.8) is 0 Å². The summed E-state index contributed by atoms with van der Waals surface area (Å²) in [7, 11) is 3.75. The average Bonchev–Trinajstić information content (AvgIpc) is 2.12. The van der Waals surface area contributed by atoms with Gasteiger partial charge in [-0.1, -0.05) is 0 Å². The van der Waals surface area contributed by atoms with E-state index in [1.807, 2.05) is 19.0 Å².